The molecule has 0 aromatic heterocycles. The highest BCUT2D eigenvalue weighted by Crippen LogP contribution is 2.51. The van der Waals surface area contributed by atoms with Crippen molar-refractivity contribution in [2.45, 2.75) is 18.3 Å². The summed E-state index contributed by atoms with van der Waals surface area (Å²) in [6.45, 7) is 0. The Morgan fingerprint density at radius 3 is 2.53 bits per heavy atom. The lowest BCUT2D eigenvalue weighted by Crippen LogP contribution is -2.19. The monoisotopic (exact) mass is 274 g/mol. The van der Waals surface area contributed by atoms with Crippen molar-refractivity contribution < 1.29 is 19.4 Å². The summed E-state index contributed by atoms with van der Waals surface area (Å²) in [5.41, 5.74) is -0.915. The number of rotatable bonds is 2. The molecule has 5 heteroatoms. The Bertz CT molecular complexity index is 441. The van der Waals surface area contributed by atoms with Crippen LogP contribution in [0, 0.1) is 5.82 Å². The Hall–Kier alpha value is -1.10. The fourth-order valence-electron chi connectivity index (χ4n) is 1.64. The fraction of sp³-hybridized carbons (Fsp3) is 0.300. The number of phenolic OH excluding ortho intramolecular Hbond substituents is 1. The molecule has 15 heavy (non-hydrogen) atoms. The third-order valence-corrected chi connectivity index (χ3v) is 3.32. The zero-order chi connectivity index (χ0) is 11.2. The first-order valence-electron chi connectivity index (χ1n) is 4.39. The van der Waals surface area contributed by atoms with Crippen LogP contribution in [0.3, 0.4) is 0 Å². The molecule has 0 heterocycles. The minimum Gasteiger partial charge on any atom is -0.508 e. The van der Waals surface area contributed by atoms with Crippen LogP contribution < -0.4 is 0 Å². The second kappa shape index (κ2) is 3.20. The molecule has 0 aliphatic heterocycles. The van der Waals surface area contributed by atoms with Crippen LogP contribution in [0.4, 0.5) is 4.39 Å². The average Bonchev–Trinajstić information content (AvgIpc) is 2.92. The van der Waals surface area contributed by atoms with Crippen molar-refractivity contribution in [3.05, 3.63) is 28.0 Å². The number of benzene rings is 1. The minimum atomic E-state index is -1.08. The molecule has 0 saturated heterocycles. The van der Waals surface area contributed by atoms with Crippen molar-refractivity contribution in [2.24, 2.45) is 0 Å². The number of hydrogen-bond acceptors (Lipinski definition) is 2. The summed E-state index contributed by atoms with van der Waals surface area (Å²) in [6.07, 6.45) is 0.883. The second-order valence-electron chi connectivity index (χ2n) is 3.67. The van der Waals surface area contributed by atoms with Gasteiger partial charge in [0.2, 0.25) is 0 Å². The Labute approximate surface area is 93.7 Å². The van der Waals surface area contributed by atoms with Crippen LogP contribution in [0.25, 0.3) is 0 Å². The van der Waals surface area contributed by atoms with Gasteiger partial charge in [-0.15, -0.1) is 0 Å². The van der Waals surface area contributed by atoms with Gasteiger partial charge in [-0.2, -0.15) is 0 Å². The molecule has 3 nitrogen and oxygen atoms in total. The molecule has 1 aromatic carbocycles. The molecule has 80 valence electrons. The summed E-state index contributed by atoms with van der Waals surface area (Å²) in [5.74, 6) is -1.75. The first kappa shape index (κ1) is 10.4. The maximum atomic E-state index is 13.2. The third-order valence-electron chi connectivity index (χ3n) is 2.71. The molecule has 0 amide bonds. The second-order valence-corrected chi connectivity index (χ2v) is 4.53. The number of carboxylic acids is 1. The molecule has 1 aliphatic rings. The van der Waals surface area contributed by atoms with Gasteiger partial charge < -0.3 is 10.2 Å². The van der Waals surface area contributed by atoms with E-state index in [2.05, 4.69) is 15.9 Å². The standard InChI is InChI=1S/C10H8BrFO3/c11-6-4-8(13)5(3-7(6)12)10(1-2-10)9(14)15/h3-4,13H,1-2H2,(H,14,15). The van der Waals surface area contributed by atoms with E-state index in [9.17, 15) is 14.3 Å². The van der Waals surface area contributed by atoms with Gasteiger partial charge in [0.15, 0.2) is 0 Å². The van der Waals surface area contributed by atoms with E-state index in [1.807, 2.05) is 0 Å². The van der Waals surface area contributed by atoms with Crippen molar-refractivity contribution in [1.82, 2.24) is 0 Å². The van der Waals surface area contributed by atoms with E-state index in [1.54, 1.807) is 0 Å². The van der Waals surface area contributed by atoms with Crippen molar-refractivity contribution in [3.8, 4) is 5.75 Å². The molecule has 2 rings (SSSR count). The minimum absolute atomic E-state index is 0.130. The Morgan fingerprint density at radius 2 is 2.07 bits per heavy atom. The van der Waals surface area contributed by atoms with Gasteiger partial charge in [0, 0.05) is 5.56 Å². The van der Waals surface area contributed by atoms with Gasteiger partial charge in [0.1, 0.15) is 11.6 Å². The van der Waals surface area contributed by atoms with Crippen LogP contribution in [0.5, 0.6) is 5.75 Å². The van der Waals surface area contributed by atoms with Crippen LogP contribution in [-0.4, -0.2) is 16.2 Å². The van der Waals surface area contributed by atoms with E-state index in [0.29, 0.717) is 12.8 Å². The third kappa shape index (κ3) is 1.51. The molecule has 1 aromatic rings. The van der Waals surface area contributed by atoms with E-state index in [1.165, 1.54) is 6.07 Å². The summed E-state index contributed by atoms with van der Waals surface area (Å²) in [6, 6.07) is 2.27. The van der Waals surface area contributed by atoms with Gasteiger partial charge in [0.25, 0.3) is 0 Å². The van der Waals surface area contributed by atoms with Crippen molar-refractivity contribution in [2.75, 3.05) is 0 Å². The largest absolute Gasteiger partial charge is 0.508 e. The lowest BCUT2D eigenvalue weighted by Gasteiger charge is -2.12. The molecule has 1 fully saturated rings. The molecule has 1 saturated carbocycles. The topological polar surface area (TPSA) is 57.5 Å². The van der Waals surface area contributed by atoms with Gasteiger partial charge in [-0.05, 0) is 40.9 Å². The van der Waals surface area contributed by atoms with Crippen molar-refractivity contribution >= 4 is 21.9 Å². The first-order chi connectivity index (χ1) is 6.97. The number of hydrogen-bond donors (Lipinski definition) is 2. The number of aliphatic carboxylic acids is 1. The Morgan fingerprint density at radius 1 is 1.47 bits per heavy atom. The van der Waals surface area contributed by atoms with Gasteiger partial charge >= 0.3 is 5.97 Å². The Kier molecular flexibility index (Phi) is 2.22. The molecule has 0 atom stereocenters. The SMILES string of the molecule is O=C(O)C1(c2cc(F)c(Br)cc2O)CC1. The molecular weight excluding hydrogens is 267 g/mol. The van der Waals surface area contributed by atoms with Gasteiger partial charge in [-0.25, -0.2) is 4.39 Å². The zero-order valence-corrected chi connectivity index (χ0v) is 9.21. The van der Waals surface area contributed by atoms with E-state index < -0.39 is 17.2 Å². The summed E-state index contributed by atoms with van der Waals surface area (Å²) in [4.78, 5) is 11.0. The summed E-state index contributed by atoms with van der Waals surface area (Å²) in [7, 11) is 0. The predicted molar refractivity (Wildman–Crippen MR) is 54.3 cm³/mol. The highest BCUT2D eigenvalue weighted by Gasteiger charge is 2.53. The van der Waals surface area contributed by atoms with Crippen molar-refractivity contribution in [3.63, 3.8) is 0 Å². The van der Waals surface area contributed by atoms with E-state index in [4.69, 9.17) is 5.11 Å². The van der Waals surface area contributed by atoms with Gasteiger partial charge in [-0.1, -0.05) is 0 Å². The molecule has 0 unspecified atom stereocenters. The van der Waals surface area contributed by atoms with Crippen LogP contribution in [0.2, 0.25) is 0 Å². The van der Waals surface area contributed by atoms with Gasteiger partial charge in [-0.3, -0.25) is 4.79 Å². The van der Waals surface area contributed by atoms with E-state index in [0.717, 1.165) is 6.07 Å². The summed E-state index contributed by atoms with van der Waals surface area (Å²) < 4.78 is 13.4. The maximum absolute atomic E-state index is 13.2. The molecule has 0 radical (unpaired) electrons. The van der Waals surface area contributed by atoms with Crippen molar-refractivity contribution in [1.29, 1.82) is 0 Å². The smallest absolute Gasteiger partial charge is 0.314 e. The van der Waals surface area contributed by atoms with Gasteiger partial charge in [0.05, 0.1) is 9.89 Å². The molecule has 2 N–H and O–H groups in total. The number of aromatic hydroxyl groups is 1. The van der Waals surface area contributed by atoms with Crippen LogP contribution in [0.15, 0.2) is 16.6 Å². The molecule has 0 spiro atoms. The van der Waals surface area contributed by atoms with E-state index in [-0.39, 0.29) is 15.8 Å². The lowest BCUT2D eigenvalue weighted by atomic mass is 9.95. The molecule has 0 bridgehead atoms. The van der Waals surface area contributed by atoms with Crippen LogP contribution in [0.1, 0.15) is 18.4 Å². The highest BCUT2D eigenvalue weighted by molar-refractivity contribution is 9.10. The summed E-state index contributed by atoms with van der Waals surface area (Å²) >= 11 is 2.92. The summed E-state index contributed by atoms with van der Waals surface area (Å²) in [5, 5.41) is 18.6. The average molecular weight is 275 g/mol. The van der Waals surface area contributed by atoms with Crippen LogP contribution >= 0.6 is 15.9 Å². The quantitative estimate of drug-likeness (QED) is 0.871. The molecular formula is C10H8BrFO3. The highest BCUT2D eigenvalue weighted by atomic mass is 79.9. The Balaban J connectivity index is 2.54. The van der Waals surface area contributed by atoms with E-state index >= 15 is 0 Å². The number of phenols is 1. The fourth-order valence-corrected chi connectivity index (χ4v) is 1.97. The van der Waals surface area contributed by atoms with Crippen LogP contribution in [-0.2, 0) is 10.2 Å². The number of carbonyl (C=O) groups is 1. The first-order valence-corrected chi connectivity index (χ1v) is 5.18. The number of halogens is 2. The normalized spacial score (nSPS) is 17.5. The zero-order valence-electron chi connectivity index (χ0n) is 7.63. The lowest BCUT2D eigenvalue weighted by molar-refractivity contribution is -0.140. The number of carboxylic acid groups (broad SMARTS) is 1. The maximum Gasteiger partial charge on any atom is 0.314 e. The predicted octanol–water partition coefficient (Wildman–Crippen LogP) is 2.41. The molecule has 1 aliphatic carbocycles.